The molecule has 5 nitrogen and oxygen atoms in total. The third-order valence-corrected chi connectivity index (χ3v) is 2.19. The SMILES string of the molecule is CC(C)N(CCNCCOC(F)(F)F)CC(=O)O. The molecule has 0 saturated carbocycles. The lowest BCUT2D eigenvalue weighted by Crippen LogP contribution is -2.40. The van der Waals surface area contributed by atoms with Crippen LogP contribution in [0, 0.1) is 0 Å². The molecule has 0 aromatic carbocycles. The summed E-state index contributed by atoms with van der Waals surface area (Å²) in [6.45, 7) is 4.11. The van der Waals surface area contributed by atoms with E-state index < -0.39 is 18.9 Å². The number of carboxylic acids is 1. The van der Waals surface area contributed by atoms with Crippen LogP contribution in [0.3, 0.4) is 0 Å². The Kier molecular flexibility index (Phi) is 7.88. The van der Waals surface area contributed by atoms with Gasteiger partial charge in [-0.1, -0.05) is 0 Å². The second kappa shape index (κ2) is 8.28. The molecule has 0 saturated heterocycles. The Hall–Kier alpha value is -0.860. The number of aliphatic carboxylic acids is 1. The van der Waals surface area contributed by atoms with Crippen LogP contribution in [0.2, 0.25) is 0 Å². The summed E-state index contributed by atoms with van der Waals surface area (Å²) < 4.78 is 38.4. The van der Waals surface area contributed by atoms with Crippen LogP contribution in [0.15, 0.2) is 0 Å². The predicted octanol–water partition coefficient (Wildman–Crippen LogP) is 0.907. The topological polar surface area (TPSA) is 61.8 Å². The van der Waals surface area contributed by atoms with E-state index in [-0.39, 0.29) is 19.1 Å². The molecular formula is C10H19F3N2O3. The quantitative estimate of drug-likeness (QED) is 0.611. The van der Waals surface area contributed by atoms with Crippen molar-refractivity contribution in [2.75, 3.05) is 32.8 Å². The molecule has 0 aromatic rings. The van der Waals surface area contributed by atoms with Gasteiger partial charge in [-0.3, -0.25) is 14.4 Å². The zero-order valence-corrected chi connectivity index (χ0v) is 10.5. The Bertz CT molecular complexity index is 247. The first-order chi connectivity index (χ1) is 8.22. The van der Waals surface area contributed by atoms with Gasteiger partial charge in [-0.15, -0.1) is 13.2 Å². The number of hydrogen-bond donors (Lipinski definition) is 2. The second-order valence-corrected chi connectivity index (χ2v) is 4.00. The predicted molar refractivity (Wildman–Crippen MR) is 59.2 cm³/mol. The lowest BCUT2D eigenvalue weighted by Gasteiger charge is -2.24. The van der Waals surface area contributed by atoms with Crippen molar-refractivity contribution in [2.45, 2.75) is 26.3 Å². The molecule has 0 spiro atoms. The molecule has 18 heavy (non-hydrogen) atoms. The van der Waals surface area contributed by atoms with Crippen LogP contribution < -0.4 is 5.32 Å². The van der Waals surface area contributed by atoms with Crippen LogP contribution in [-0.4, -0.2) is 61.2 Å². The fourth-order valence-electron chi connectivity index (χ4n) is 1.28. The van der Waals surface area contributed by atoms with Gasteiger partial charge in [-0.2, -0.15) is 0 Å². The fraction of sp³-hybridized carbons (Fsp3) is 0.900. The molecule has 0 heterocycles. The normalized spacial score (nSPS) is 12.4. The highest BCUT2D eigenvalue weighted by molar-refractivity contribution is 5.69. The summed E-state index contributed by atoms with van der Waals surface area (Å²) in [6, 6.07) is 0.0642. The van der Waals surface area contributed by atoms with Crippen LogP contribution in [0.1, 0.15) is 13.8 Å². The van der Waals surface area contributed by atoms with Gasteiger partial charge in [0, 0.05) is 25.7 Å². The number of carboxylic acid groups (broad SMARTS) is 1. The Morgan fingerprint density at radius 2 is 2.00 bits per heavy atom. The van der Waals surface area contributed by atoms with Gasteiger partial charge in [0.2, 0.25) is 0 Å². The van der Waals surface area contributed by atoms with Crippen LogP contribution >= 0.6 is 0 Å². The highest BCUT2D eigenvalue weighted by atomic mass is 19.4. The van der Waals surface area contributed by atoms with Gasteiger partial charge >= 0.3 is 12.3 Å². The summed E-state index contributed by atoms with van der Waals surface area (Å²) in [6.07, 6.45) is -4.60. The molecule has 0 amide bonds. The zero-order chi connectivity index (χ0) is 14.2. The Labute approximate surface area is 104 Å². The number of nitrogens with zero attached hydrogens (tertiary/aromatic N) is 1. The van der Waals surface area contributed by atoms with Crippen LogP contribution in [0.25, 0.3) is 0 Å². The summed E-state index contributed by atoms with van der Waals surface area (Å²) >= 11 is 0. The van der Waals surface area contributed by atoms with Gasteiger partial charge in [0.25, 0.3) is 0 Å². The third-order valence-electron chi connectivity index (χ3n) is 2.19. The van der Waals surface area contributed by atoms with Gasteiger partial charge in [-0.25, -0.2) is 0 Å². The van der Waals surface area contributed by atoms with E-state index in [1.807, 2.05) is 13.8 Å². The van der Waals surface area contributed by atoms with Crippen molar-refractivity contribution in [3.05, 3.63) is 0 Å². The second-order valence-electron chi connectivity index (χ2n) is 4.00. The van der Waals surface area contributed by atoms with E-state index in [1.54, 1.807) is 4.90 Å². The molecule has 0 unspecified atom stereocenters. The largest absolute Gasteiger partial charge is 0.522 e. The number of halogens is 3. The number of hydrogen-bond acceptors (Lipinski definition) is 4. The molecule has 8 heteroatoms. The summed E-state index contributed by atoms with van der Waals surface area (Å²) in [5.41, 5.74) is 0. The summed E-state index contributed by atoms with van der Waals surface area (Å²) in [7, 11) is 0. The number of nitrogens with one attached hydrogen (secondary N) is 1. The van der Waals surface area contributed by atoms with Crippen molar-refractivity contribution in [1.29, 1.82) is 0 Å². The fourth-order valence-corrected chi connectivity index (χ4v) is 1.28. The van der Waals surface area contributed by atoms with E-state index in [1.165, 1.54) is 0 Å². The van der Waals surface area contributed by atoms with Crippen molar-refractivity contribution in [3.63, 3.8) is 0 Å². The van der Waals surface area contributed by atoms with Gasteiger partial charge < -0.3 is 10.4 Å². The number of carbonyl (C=O) groups is 1. The smallest absolute Gasteiger partial charge is 0.480 e. The molecule has 0 rings (SSSR count). The van der Waals surface area contributed by atoms with Gasteiger partial charge in [0.05, 0.1) is 13.2 Å². The molecule has 0 radical (unpaired) electrons. The molecule has 0 bridgehead atoms. The molecule has 0 atom stereocenters. The van der Waals surface area contributed by atoms with Gasteiger partial charge in [0.1, 0.15) is 0 Å². The number of alkyl halides is 3. The molecule has 0 aliphatic heterocycles. The lowest BCUT2D eigenvalue weighted by atomic mass is 10.3. The Balaban J connectivity index is 3.65. The maximum atomic E-state index is 11.6. The number of rotatable bonds is 9. The van der Waals surface area contributed by atoms with Gasteiger partial charge in [-0.05, 0) is 13.8 Å². The summed E-state index contributed by atoms with van der Waals surface area (Å²) in [5.74, 6) is -0.927. The Morgan fingerprint density at radius 1 is 1.39 bits per heavy atom. The average Bonchev–Trinajstić information content (AvgIpc) is 2.18. The third kappa shape index (κ3) is 10.3. The minimum atomic E-state index is -4.60. The van der Waals surface area contributed by atoms with Crippen LogP contribution in [-0.2, 0) is 9.53 Å². The van der Waals surface area contributed by atoms with E-state index in [0.717, 1.165) is 0 Å². The molecule has 0 fully saturated rings. The first kappa shape index (κ1) is 17.1. The molecule has 0 aliphatic carbocycles. The van der Waals surface area contributed by atoms with Crippen molar-refractivity contribution < 1.29 is 27.8 Å². The molecule has 2 N–H and O–H groups in total. The van der Waals surface area contributed by atoms with E-state index in [4.69, 9.17) is 5.11 Å². The standard InChI is InChI=1S/C10H19F3N2O3/c1-8(2)15(7-9(16)17)5-3-14-4-6-18-10(11,12)13/h8,14H,3-7H2,1-2H3,(H,16,17). The van der Waals surface area contributed by atoms with Crippen molar-refractivity contribution in [2.24, 2.45) is 0 Å². The molecular weight excluding hydrogens is 253 g/mol. The van der Waals surface area contributed by atoms with E-state index in [9.17, 15) is 18.0 Å². The molecule has 108 valence electrons. The monoisotopic (exact) mass is 272 g/mol. The van der Waals surface area contributed by atoms with Crippen molar-refractivity contribution in [3.8, 4) is 0 Å². The first-order valence-electron chi connectivity index (χ1n) is 5.59. The van der Waals surface area contributed by atoms with Crippen LogP contribution in [0.4, 0.5) is 13.2 Å². The first-order valence-corrected chi connectivity index (χ1v) is 5.59. The minimum absolute atomic E-state index is 0.0642. The number of ether oxygens (including phenoxy) is 1. The maximum absolute atomic E-state index is 11.6. The van der Waals surface area contributed by atoms with Gasteiger partial charge in [0.15, 0.2) is 0 Å². The van der Waals surface area contributed by atoms with Crippen LogP contribution in [0.5, 0.6) is 0 Å². The molecule has 0 aromatic heterocycles. The van der Waals surface area contributed by atoms with E-state index in [2.05, 4.69) is 10.1 Å². The minimum Gasteiger partial charge on any atom is -0.480 e. The zero-order valence-electron chi connectivity index (χ0n) is 10.5. The summed E-state index contributed by atoms with van der Waals surface area (Å²) in [5, 5.41) is 11.4. The van der Waals surface area contributed by atoms with E-state index in [0.29, 0.717) is 13.1 Å². The van der Waals surface area contributed by atoms with Crippen molar-refractivity contribution >= 4 is 5.97 Å². The maximum Gasteiger partial charge on any atom is 0.522 e. The lowest BCUT2D eigenvalue weighted by molar-refractivity contribution is -0.323. The molecule has 0 aliphatic rings. The Morgan fingerprint density at radius 3 is 2.44 bits per heavy atom. The van der Waals surface area contributed by atoms with Crippen molar-refractivity contribution in [1.82, 2.24) is 10.2 Å². The average molecular weight is 272 g/mol. The van der Waals surface area contributed by atoms with E-state index >= 15 is 0 Å². The summed E-state index contributed by atoms with van der Waals surface area (Å²) in [4.78, 5) is 12.3. The highest BCUT2D eigenvalue weighted by Crippen LogP contribution is 2.14. The highest BCUT2D eigenvalue weighted by Gasteiger charge is 2.28.